The molecule has 5 nitrogen and oxygen atoms in total. The number of carbonyl (C=O) groups excluding carboxylic acids is 1. The number of imidazole rings is 1. The zero-order chi connectivity index (χ0) is 17.9. The van der Waals surface area contributed by atoms with Crippen LogP contribution in [0.5, 0.6) is 0 Å². The molecule has 0 radical (unpaired) electrons. The van der Waals surface area contributed by atoms with Gasteiger partial charge in [-0.1, -0.05) is 31.2 Å². The van der Waals surface area contributed by atoms with Gasteiger partial charge < -0.3 is 10.1 Å². The van der Waals surface area contributed by atoms with Gasteiger partial charge in [-0.3, -0.25) is 9.20 Å². The summed E-state index contributed by atoms with van der Waals surface area (Å²) in [5, 5.41) is 5.00. The molecule has 0 bridgehead atoms. The maximum absolute atomic E-state index is 12.3. The van der Waals surface area contributed by atoms with E-state index in [0.29, 0.717) is 13.0 Å². The minimum atomic E-state index is 0.0303. The lowest BCUT2D eigenvalue weighted by molar-refractivity contribution is -0.121. The van der Waals surface area contributed by atoms with Crippen LogP contribution in [0, 0.1) is 0 Å². The van der Waals surface area contributed by atoms with Gasteiger partial charge in [-0.15, -0.1) is 11.3 Å². The second-order valence-corrected chi connectivity index (χ2v) is 7.51. The summed E-state index contributed by atoms with van der Waals surface area (Å²) in [5.74, 6) is 0.0303. The highest BCUT2D eigenvalue weighted by molar-refractivity contribution is 7.15. The van der Waals surface area contributed by atoms with Crippen LogP contribution in [0.4, 0.5) is 0 Å². The molecule has 4 rings (SSSR count). The first kappa shape index (κ1) is 17.2. The molecule has 1 fully saturated rings. The Morgan fingerprint density at radius 3 is 2.96 bits per heavy atom. The number of aryl methyl sites for hydroxylation is 1. The van der Waals surface area contributed by atoms with E-state index in [1.165, 1.54) is 5.56 Å². The molecule has 1 N–H and O–H groups in total. The van der Waals surface area contributed by atoms with Crippen molar-refractivity contribution in [3.05, 3.63) is 47.1 Å². The van der Waals surface area contributed by atoms with Crippen molar-refractivity contribution in [1.82, 2.24) is 14.7 Å². The van der Waals surface area contributed by atoms with Gasteiger partial charge in [0.25, 0.3) is 0 Å². The molecule has 1 amide bonds. The SMILES string of the molecule is CCc1ccc(-c2cn3c(CC(=O)NCC4CCCO4)csc3n2)cc1. The van der Waals surface area contributed by atoms with Crippen molar-refractivity contribution in [2.45, 2.75) is 38.7 Å². The molecule has 1 aliphatic rings. The van der Waals surface area contributed by atoms with Gasteiger partial charge in [-0.05, 0) is 24.8 Å². The van der Waals surface area contributed by atoms with E-state index < -0.39 is 0 Å². The Morgan fingerprint density at radius 1 is 1.38 bits per heavy atom. The Kier molecular flexibility index (Phi) is 5.04. The molecular weight excluding hydrogens is 346 g/mol. The van der Waals surface area contributed by atoms with Gasteiger partial charge in [-0.25, -0.2) is 4.98 Å². The van der Waals surface area contributed by atoms with E-state index in [1.807, 2.05) is 16.0 Å². The summed E-state index contributed by atoms with van der Waals surface area (Å²) in [7, 11) is 0. The molecule has 6 heteroatoms. The second kappa shape index (κ2) is 7.60. The zero-order valence-corrected chi connectivity index (χ0v) is 15.7. The number of nitrogens with zero attached hydrogens (tertiary/aromatic N) is 2. The topological polar surface area (TPSA) is 55.6 Å². The Morgan fingerprint density at radius 2 is 2.23 bits per heavy atom. The maximum atomic E-state index is 12.3. The van der Waals surface area contributed by atoms with Crippen molar-refractivity contribution in [2.75, 3.05) is 13.2 Å². The van der Waals surface area contributed by atoms with Crippen LogP contribution in [0.15, 0.2) is 35.8 Å². The number of aromatic nitrogens is 2. The summed E-state index contributed by atoms with van der Waals surface area (Å²) in [5.41, 5.74) is 4.34. The van der Waals surface area contributed by atoms with Crippen molar-refractivity contribution in [2.24, 2.45) is 0 Å². The maximum Gasteiger partial charge on any atom is 0.226 e. The molecule has 1 atom stereocenters. The van der Waals surface area contributed by atoms with Crippen LogP contribution in [0.2, 0.25) is 0 Å². The van der Waals surface area contributed by atoms with Gasteiger partial charge in [0.05, 0.1) is 18.2 Å². The summed E-state index contributed by atoms with van der Waals surface area (Å²) >= 11 is 1.57. The normalized spacial score (nSPS) is 17.0. The van der Waals surface area contributed by atoms with E-state index in [9.17, 15) is 4.79 Å². The highest BCUT2D eigenvalue weighted by Crippen LogP contribution is 2.24. The third-order valence-electron chi connectivity index (χ3n) is 4.83. The molecule has 3 heterocycles. The number of fused-ring (bicyclic) bond motifs is 1. The Bertz CT molecular complexity index is 892. The molecule has 0 spiro atoms. The second-order valence-electron chi connectivity index (χ2n) is 6.67. The summed E-state index contributed by atoms with van der Waals surface area (Å²) in [6.45, 7) is 3.56. The summed E-state index contributed by atoms with van der Waals surface area (Å²) in [6, 6.07) is 8.50. The van der Waals surface area contributed by atoms with Gasteiger partial charge in [0, 0.05) is 36.0 Å². The molecule has 0 aliphatic carbocycles. The predicted molar refractivity (Wildman–Crippen MR) is 104 cm³/mol. The third-order valence-corrected chi connectivity index (χ3v) is 5.72. The first-order chi connectivity index (χ1) is 12.7. The Balaban J connectivity index is 1.45. The average molecular weight is 369 g/mol. The molecule has 3 aromatic rings. The van der Waals surface area contributed by atoms with Crippen LogP contribution in [-0.4, -0.2) is 34.5 Å². The Hall–Kier alpha value is -2.18. The van der Waals surface area contributed by atoms with Gasteiger partial charge in [0.2, 0.25) is 5.91 Å². The average Bonchev–Trinajstić information content (AvgIpc) is 3.39. The number of carbonyl (C=O) groups is 1. The zero-order valence-electron chi connectivity index (χ0n) is 14.9. The minimum Gasteiger partial charge on any atom is -0.376 e. The number of ether oxygens (including phenoxy) is 1. The van der Waals surface area contributed by atoms with E-state index in [0.717, 1.165) is 47.8 Å². The van der Waals surface area contributed by atoms with Crippen molar-refractivity contribution in [3.63, 3.8) is 0 Å². The largest absolute Gasteiger partial charge is 0.376 e. The number of thiazole rings is 1. The molecule has 136 valence electrons. The van der Waals surface area contributed by atoms with E-state index in [1.54, 1.807) is 11.3 Å². The molecule has 0 saturated carbocycles. The molecule has 26 heavy (non-hydrogen) atoms. The summed E-state index contributed by atoms with van der Waals surface area (Å²) < 4.78 is 7.58. The number of amides is 1. The van der Waals surface area contributed by atoms with Gasteiger partial charge in [-0.2, -0.15) is 0 Å². The van der Waals surface area contributed by atoms with Crippen LogP contribution >= 0.6 is 11.3 Å². The predicted octanol–water partition coefficient (Wildman–Crippen LogP) is 3.46. The molecule has 2 aromatic heterocycles. The van der Waals surface area contributed by atoms with Crippen LogP contribution < -0.4 is 5.32 Å². The summed E-state index contributed by atoms with van der Waals surface area (Å²) in [4.78, 5) is 17.9. The minimum absolute atomic E-state index is 0.0303. The molecular formula is C20H23N3O2S. The molecule has 1 unspecified atom stereocenters. The smallest absolute Gasteiger partial charge is 0.226 e. The Labute approximate surface area is 157 Å². The third kappa shape index (κ3) is 3.66. The fourth-order valence-corrected chi connectivity index (χ4v) is 4.14. The van der Waals surface area contributed by atoms with Crippen molar-refractivity contribution in [3.8, 4) is 11.3 Å². The lowest BCUT2D eigenvalue weighted by Crippen LogP contribution is -2.32. The monoisotopic (exact) mass is 369 g/mol. The molecule has 1 aliphatic heterocycles. The van der Waals surface area contributed by atoms with Gasteiger partial charge in [0.15, 0.2) is 4.96 Å². The van der Waals surface area contributed by atoms with Crippen molar-refractivity contribution >= 4 is 22.2 Å². The number of nitrogens with one attached hydrogen (secondary N) is 1. The van der Waals surface area contributed by atoms with E-state index in [2.05, 4.69) is 36.5 Å². The number of hydrogen-bond donors (Lipinski definition) is 1. The summed E-state index contributed by atoms with van der Waals surface area (Å²) in [6.07, 6.45) is 5.71. The molecule has 1 aromatic carbocycles. The first-order valence-corrected chi connectivity index (χ1v) is 10.0. The highest BCUT2D eigenvalue weighted by Gasteiger charge is 2.17. The first-order valence-electron chi connectivity index (χ1n) is 9.16. The van der Waals surface area contributed by atoms with Gasteiger partial charge in [0.1, 0.15) is 0 Å². The van der Waals surface area contributed by atoms with Crippen LogP contribution in [-0.2, 0) is 22.4 Å². The number of hydrogen-bond acceptors (Lipinski definition) is 4. The van der Waals surface area contributed by atoms with Crippen LogP contribution in [0.1, 0.15) is 31.0 Å². The fourth-order valence-electron chi connectivity index (χ4n) is 3.27. The van der Waals surface area contributed by atoms with E-state index >= 15 is 0 Å². The van der Waals surface area contributed by atoms with Crippen molar-refractivity contribution in [1.29, 1.82) is 0 Å². The lowest BCUT2D eigenvalue weighted by atomic mass is 10.1. The highest BCUT2D eigenvalue weighted by atomic mass is 32.1. The van der Waals surface area contributed by atoms with Crippen molar-refractivity contribution < 1.29 is 9.53 Å². The van der Waals surface area contributed by atoms with Crippen LogP contribution in [0.25, 0.3) is 16.2 Å². The number of benzene rings is 1. The standard InChI is InChI=1S/C20H23N3O2S/c1-2-14-5-7-15(8-6-14)18-12-23-16(13-26-20(23)22-18)10-19(24)21-11-17-4-3-9-25-17/h5-8,12-13,17H,2-4,9-11H2,1H3,(H,21,24). The lowest BCUT2D eigenvalue weighted by Gasteiger charge is -2.10. The van der Waals surface area contributed by atoms with E-state index in [4.69, 9.17) is 9.72 Å². The quantitative estimate of drug-likeness (QED) is 0.724. The van der Waals surface area contributed by atoms with Crippen LogP contribution in [0.3, 0.4) is 0 Å². The number of rotatable bonds is 6. The van der Waals surface area contributed by atoms with Gasteiger partial charge >= 0.3 is 0 Å². The molecule has 1 saturated heterocycles. The van der Waals surface area contributed by atoms with E-state index in [-0.39, 0.29) is 12.0 Å². The fraction of sp³-hybridized carbons (Fsp3) is 0.400.